The molecule has 8 heteroatoms. The number of rotatable bonds is 9. The second-order valence-corrected chi connectivity index (χ2v) is 7.09. The predicted octanol–water partition coefficient (Wildman–Crippen LogP) is 2.53. The number of aliphatic hydroxyl groups excluding tert-OH is 1. The summed E-state index contributed by atoms with van der Waals surface area (Å²) in [7, 11) is 0. The van der Waals surface area contributed by atoms with Crippen LogP contribution in [0.3, 0.4) is 0 Å². The van der Waals surface area contributed by atoms with E-state index in [2.05, 4.69) is 5.10 Å². The maximum Gasteiger partial charge on any atom is 0.437 e. The van der Waals surface area contributed by atoms with E-state index < -0.39 is 11.9 Å². The fourth-order valence-corrected chi connectivity index (χ4v) is 3.08. The summed E-state index contributed by atoms with van der Waals surface area (Å²) in [5.41, 5.74) is 1.05. The highest BCUT2D eigenvalue weighted by Gasteiger charge is 2.15. The number of aromatic nitrogens is 2. The summed E-state index contributed by atoms with van der Waals surface area (Å²) in [4.78, 5) is 23.6. The molecule has 0 saturated heterocycles. The molecular weight excluding hydrogens is 368 g/mol. The van der Waals surface area contributed by atoms with Gasteiger partial charge in [-0.2, -0.15) is 4.68 Å². The minimum absolute atomic E-state index is 0.0143. The van der Waals surface area contributed by atoms with Crippen molar-refractivity contribution in [1.29, 1.82) is 0 Å². The average Bonchev–Trinajstić information content (AvgIpc) is 3.29. The van der Waals surface area contributed by atoms with Crippen molar-refractivity contribution in [2.75, 3.05) is 6.61 Å². The van der Waals surface area contributed by atoms with Crippen LogP contribution in [0.1, 0.15) is 18.9 Å². The molecule has 0 amide bonds. The molecule has 2 heterocycles. The lowest BCUT2D eigenvalue weighted by Gasteiger charge is -2.12. The Morgan fingerprint density at radius 2 is 2.11 bits per heavy atom. The molecule has 0 bridgehead atoms. The fraction of sp³-hybridized carbons (Fsp3) is 0.316. The highest BCUT2D eigenvalue weighted by Crippen LogP contribution is 2.21. The molecule has 0 aliphatic heterocycles. The van der Waals surface area contributed by atoms with Gasteiger partial charge < -0.3 is 19.1 Å². The molecular formula is C19H20N2O5S. The molecule has 27 heavy (non-hydrogen) atoms. The highest BCUT2D eigenvalue weighted by molar-refractivity contribution is 7.13. The number of nitrogens with zero attached hydrogens (tertiary/aromatic N) is 2. The summed E-state index contributed by atoms with van der Waals surface area (Å²) < 4.78 is 11.7. The molecule has 3 rings (SSSR count). The molecule has 0 fully saturated rings. The summed E-state index contributed by atoms with van der Waals surface area (Å²) in [5.74, 6) is 0.382. The van der Waals surface area contributed by atoms with E-state index in [0.717, 1.165) is 15.1 Å². The summed E-state index contributed by atoms with van der Waals surface area (Å²) in [6, 6.07) is 11.0. The van der Waals surface area contributed by atoms with Crippen molar-refractivity contribution in [1.82, 2.24) is 9.78 Å². The van der Waals surface area contributed by atoms with Gasteiger partial charge in [0.15, 0.2) is 0 Å². The van der Waals surface area contributed by atoms with E-state index >= 15 is 0 Å². The number of ether oxygens (including phenoxy) is 1. The third-order valence-corrected chi connectivity index (χ3v) is 4.71. The first-order valence-electron chi connectivity index (χ1n) is 8.52. The predicted molar refractivity (Wildman–Crippen MR) is 101 cm³/mol. The maximum absolute atomic E-state index is 11.9. The molecule has 0 aliphatic rings. The number of aryl methyl sites for hydroxylation is 1. The van der Waals surface area contributed by atoms with Gasteiger partial charge >= 0.3 is 5.76 Å². The first kappa shape index (κ1) is 19.1. The zero-order valence-electron chi connectivity index (χ0n) is 14.8. The van der Waals surface area contributed by atoms with Gasteiger partial charge in [-0.05, 0) is 42.5 Å². The van der Waals surface area contributed by atoms with Gasteiger partial charge in [0.1, 0.15) is 24.2 Å². The fourth-order valence-electron chi connectivity index (χ4n) is 2.44. The SMILES string of the molecule is CC(=O)CCc1ccc(OCC(O)Cn2nc(-c3cccs3)oc2=O)cc1. The number of carbonyl (C=O) groups excluding carboxylic acids is 1. The van der Waals surface area contributed by atoms with E-state index in [1.165, 1.54) is 11.3 Å². The zero-order chi connectivity index (χ0) is 19.2. The monoisotopic (exact) mass is 388 g/mol. The Morgan fingerprint density at radius 3 is 2.78 bits per heavy atom. The third kappa shape index (κ3) is 5.38. The normalized spacial score (nSPS) is 12.1. The lowest BCUT2D eigenvalue weighted by molar-refractivity contribution is -0.116. The lowest BCUT2D eigenvalue weighted by atomic mass is 10.1. The molecule has 0 aliphatic carbocycles. The van der Waals surface area contributed by atoms with Gasteiger partial charge in [0.25, 0.3) is 5.89 Å². The van der Waals surface area contributed by atoms with Crippen LogP contribution in [0.15, 0.2) is 51.0 Å². The highest BCUT2D eigenvalue weighted by atomic mass is 32.1. The Kier molecular flexibility index (Phi) is 6.20. The Hall–Kier alpha value is -2.71. The Balaban J connectivity index is 1.52. The molecule has 1 unspecified atom stereocenters. The lowest BCUT2D eigenvalue weighted by Crippen LogP contribution is -2.29. The first-order chi connectivity index (χ1) is 13.0. The molecule has 2 aromatic heterocycles. The Morgan fingerprint density at radius 1 is 1.33 bits per heavy atom. The van der Waals surface area contributed by atoms with Gasteiger partial charge in [0.2, 0.25) is 0 Å². The van der Waals surface area contributed by atoms with Crippen molar-refractivity contribution in [3.63, 3.8) is 0 Å². The van der Waals surface area contributed by atoms with Crippen molar-refractivity contribution in [3.05, 3.63) is 57.9 Å². The van der Waals surface area contributed by atoms with Crippen LogP contribution in [-0.2, 0) is 17.8 Å². The van der Waals surface area contributed by atoms with Crippen molar-refractivity contribution in [3.8, 4) is 16.5 Å². The number of aliphatic hydroxyl groups is 1. The molecule has 3 aromatic rings. The maximum atomic E-state index is 11.9. The minimum atomic E-state index is -0.915. The molecule has 0 radical (unpaired) electrons. The number of hydrogen-bond donors (Lipinski definition) is 1. The largest absolute Gasteiger partial charge is 0.491 e. The number of carbonyl (C=O) groups is 1. The van der Waals surface area contributed by atoms with Crippen molar-refractivity contribution in [2.45, 2.75) is 32.4 Å². The van der Waals surface area contributed by atoms with Crippen molar-refractivity contribution >= 4 is 17.1 Å². The molecule has 0 spiro atoms. The van der Waals surface area contributed by atoms with Gasteiger partial charge in [-0.3, -0.25) is 0 Å². The van der Waals surface area contributed by atoms with Gasteiger partial charge in [0, 0.05) is 6.42 Å². The van der Waals surface area contributed by atoms with Gasteiger partial charge in [-0.25, -0.2) is 4.79 Å². The number of hydrogen-bond acceptors (Lipinski definition) is 7. The van der Waals surface area contributed by atoms with Crippen LogP contribution < -0.4 is 10.5 Å². The smallest absolute Gasteiger partial charge is 0.437 e. The number of benzene rings is 1. The molecule has 7 nitrogen and oxygen atoms in total. The summed E-state index contributed by atoms with van der Waals surface area (Å²) in [6.07, 6.45) is 0.292. The van der Waals surface area contributed by atoms with Crippen LogP contribution in [-0.4, -0.2) is 33.4 Å². The van der Waals surface area contributed by atoms with E-state index in [0.29, 0.717) is 18.6 Å². The molecule has 1 atom stereocenters. The van der Waals surface area contributed by atoms with Crippen LogP contribution in [0.4, 0.5) is 0 Å². The van der Waals surface area contributed by atoms with E-state index in [9.17, 15) is 14.7 Å². The van der Waals surface area contributed by atoms with Crippen molar-refractivity contribution in [2.24, 2.45) is 0 Å². The van der Waals surface area contributed by atoms with Gasteiger partial charge in [0.05, 0.1) is 11.4 Å². The second-order valence-electron chi connectivity index (χ2n) is 6.14. The summed E-state index contributed by atoms with van der Waals surface area (Å²) in [5, 5.41) is 16.1. The van der Waals surface area contributed by atoms with Crippen LogP contribution in [0.2, 0.25) is 0 Å². The van der Waals surface area contributed by atoms with Gasteiger partial charge in [-0.15, -0.1) is 16.4 Å². The van der Waals surface area contributed by atoms with Crippen molar-refractivity contribution < 1.29 is 19.1 Å². The zero-order valence-corrected chi connectivity index (χ0v) is 15.6. The molecule has 1 N–H and O–H groups in total. The van der Waals surface area contributed by atoms with E-state index in [-0.39, 0.29) is 24.8 Å². The molecule has 1 aromatic carbocycles. The first-order valence-corrected chi connectivity index (χ1v) is 9.40. The third-order valence-electron chi connectivity index (χ3n) is 3.85. The number of thiophene rings is 1. The Bertz CT molecular complexity index is 928. The van der Waals surface area contributed by atoms with E-state index in [1.54, 1.807) is 25.1 Å². The quantitative estimate of drug-likeness (QED) is 0.605. The standard InChI is InChI=1S/C19H20N2O5S/c1-13(22)4-5-14-6-8-16(9-7-14)25-12-15(23)11-21-19(24)26-18(20-21)17-3-2-10-27-17/h2-3,6-10,15,23H,4-5,11-12H2,1H3. The van der Waals surface area contributed by atoms with Gasteiger partial charge in [-0.1, -0.05) is 18.2 Å². The average molecular weight is 388 g/mol. The summed E-state index contributed by atoms with van der Waals surface area (Å²) in [6.45, 7) is 1.56. The van der Waals surface area contributed by atoms with Crippen LogP contribution in [0.25, 0.3) is 10.8 Å². The topological polar surface area (TPSA) is 94.6 Å². The van der Waals surface area contributed by atoms with Crippen LogP contribution in [0, 0.1) is 0 Å². The minimum Gasteiger partial charge on any atom is -0.491 e. The van der Waals surface area contributed by atoms with E-state index in [1.807, 2.05) is 23.6 Å². The summed E-state index contributed by atoms with van der Waals surface area (Å²) >= 11 is 1.42. The molecule has 142 valence electrons. The second kappa shape index (κ2) is 8.79. The van der Waals surface area contributed by atoms with E-state index in [4.69, 9.17) is 9.15 Å². The van der Waals surface area contributed by atoms with Crippen LogP contribution >= 0.6 is 11.3 Å². The molecule has 0 saturated carbocycles. The Labute approximate surface area is 159 Å². The number of ketones is 1. The van der Waals surface area contributed by atoms with Crippen LogP contribution in [0.5, 0.6) is 5.75 Å². The number of Topliss-reactive ketones (excluding diaryl/α,β-unsaturated/α-hetero) is 1.